The molecule has 2 N–H and O–H groups in total. The molecule has 216 valence electrons. The molecule has 3 saturated heterocycles. The lowest BCUT2D eigenvalue weighted by molar-refractivity contribution is -0.125. The average molecular weight is 589 g/mol. The second kappa shape index (κ2) is 11.2. The van der Waals surface area contributed by atoms with Crippen LogP contribution in [-0.2, 0) is 42.1 Å². The lowest BCUT2D eigenvalue weighted by atomic mass is 9.94. The number of para-hydroxylation sites is 2. The normalized spacial score (nSPS) is 27.1. The standard InChI is InChI=1S/C28H36N4O6S2/c1-3-19-9-5-7-11-21(19)29-27(33)13-31-23-15-39(35,36)17-25(23)32(26-18-40(37,38)16-24(26)31)14-28(34)30-22-12-8-6-10-20(22)4-2/h5-12,23-26H,3-4,13-18H2,1-2H3,(H,29,33)(H,30,34). The smallest absolute Gasteiger partial charge is 0.238 e. The van der Waals surface area contributed by atoms with Crippen LogP contribution in [0.4, 0.5) is 11.4 Å². The molecule has 3 aliphatic rings. The summed E-state index contributed by atoms with van der Waals surface area (Å²) in [5.74, 6) is -1.39. The number of nitrogens with one attached hydrogen (secondary N) is 2. The molecule has 4 unspecified atom stereocenters. The Morgan fingerprint density at radius 1 is 0.650 bits per heavy atom. The second-order valence-corrected chi connectivity index (χ2v) is 15.2. The van der Waals surface area contributed by atoms with Crippen molar-refractivity contribution < 1.29 is 26.4 Å². The Morgan fingerprint density at radius 3 is 1.30 bits per heavy atom. The van der Waals surface area contributed by atoms with E-state index in [0.29, 0.717) is 11.4 Å². The molecule has 5 rings (SSSR count). The number of piperazine rings is 1. The van der Waals surface area contributed by atoms with Crippen LogP contribution in [0.5, 0.6) is 0 Å². The minimum Gasteiger partial charge on any atom is -0.325 e. The van der Waals surface area contributed by atoms with Crippen molar-refractivity contribution in [3.8, 4) is 0 Å². The molecule has 2 aromatic rings. The van der Waals surface area contributed by atoms with Crippen LogP contribution in [0.25, 0.3) is 0 Å². The molecule has 0 bridgehead atoms. The highest BCUT2D eigenvalue weighted by Crippen LogP contribution is 2.37. The zero-order chi connectivity index (χ0) is 28.7. The quantitative estimate of drug-likeness (QED) is 0.472. The van der Waals surface area contributed by atoms with Gasteiger partial charge in [-0.2, -0.15) is 0 Å². The van der Waals surface area contributed by atoms with E-state index in [-0.39, 0.29) is 47.9 Å². The first-order chi connectivity index (χ1) is 19.0. The molecule has 12 heteroatoms. The number of benzene rings is 2. The van der Waals surface area contributed by atoms with Crippen molar-refractivity contribution in [2.75, 3.05) is 46.7 Å². The summed E-state index contributed by atoms with van der Waals surface area (Å²) in [5, 5.41) is 5.87. The van der Waals surface area contributed by atoms with Crippen LogP contribution in [0.1, 0.15) is 25.0 Å². The Bertz CT molecular complexity index is 1360. The third-order valence-electron chi connectivity index (χ3n) is 8.29. The zero-order valence-electron chi connectivity index (χ0n) is 22.7. The van der Waals surface area contributed by atoms with Gasteiger partial charge in [0, 0.05) is 35.5 Å². The number of rotatable bonds is 8. The van der Waals surface area contributed by atoms with Gasteiger partial charge < -0.3 is 10.6 Å². The van der Waals surface area contributed by atoms with Crippen molar-refractivity contribution in [2.24, 2.45) is 0 Å². The summed E-state index contributed by atoms with van der Waals surface area (Å²) in [4.78, 5) is 30.0. The Balaban J connectivity index is 1.41. The molecule has 0 spiro atoms. The highest BCUT2D eigenvalue weighted by Gasteiger charge is 2.58. The van der Waals surface area contributed by atoms with Gasteiger partial charge in [-0.1, -0.05) is 50.2 Å². The van der Waals surface area contributed by atoms with Gasteiger partial charge >= 0.3 is 0 Å². The molecule has 40 heavy (non-hydrogen) atoms. The molecular weight excluding hydrogens is 552 g/mol. The topological polar surface area (TPSA) is 133 Å². The molecule has 0 aliphatic carbocycles. The Kier molecular flexibility index (Phi) is 8.06. The lowest BCUT2D eigenvalue weighted by Crippen LogP contribution is -2.69. The summed E-state index contributed by atoms with van der Waals surface area (Å²) in [6.45, 7) is 3.72. The number of fused-ring (bicyclic) bond motifs is 2. The maximum absolute atomic E-state index is 13.2. The summed E-state index contributed by atoms with van der Waals surface area (Å²) >= 11 is 0. The molecule has 3 heterocycles. The fourth-order valence-electron chi connectivity index (χ4n) is 6.46. The zero-order valence-corrected chi connectivity index (χ0v) is 24.4. The summed E-state index contributed by atoms with van der Waals surface area (Å²) in [6, 6.07) is 12.6. The van der Waals surface area contributed by atoms with E-state index in [1.165, 1.54) is 0 Å². The predicted molar refractivity (Wildman–Crippen MR) is 155 cm³/mol. The molecular formula is C28H36N4O6S2. The van der Waals surface area contributed by atoms with Crippen LogP contribution >= 0.6 is 0 Å². The molecule has 10 nitrogen and oxygen atoms in total. The average Bonchev–Trinajstić information content (AvgIpc) is 3.41. The largest absolute Gasteiger partial charge is 0.325 e. The molecule has 0 saturated carbocycles. The first kappa shape index (κ1) is 28.7. The van der Waals surface area contributed by atoms with E-state index < -0.39 is 43.8 Å². The number of carbonyl (C=O) groups is 2. The van der Waals surface area contributed by atoms with Crippen LogP contribution in [0.2, 0.25) is 0 Å². The third-order valence-corrected chi connectivity index (χ3v) is 11.7. The van der Waals surface area contributed by atoms with Gasteiger partial charge in [0.05, 0.1) is 36.1 Å². The first-order valence-electron chi connectivity index (χ1n) is 13.7. The van der Waals surface area contributed by atoms with Crippen molar-refractivity contribution in [1.82, 2.24) is 9.80 Å². The number of aryl methyl sites for hydroxylation is 2. The van der Waals surface area contributed by atoms with E-state index in [2.05, 4.69) is 10.6 Å². The van der Waals surface area contributed by atoms with E-state index in [4.69, 9.17) is 0 Å². The van der Waals surface area contributed by atoms with Gasteiger partial charge in [-0.25, -0.2) is 16.8 Å². The number of hydrogen-bond donors (Lipinski definition) is 2. The fourth-order valence-corrected chi connectivity index (χ4v) is 10.5. The number of sulfone groups is 2. The van der Waals surface area contributed by atoms with Crippen LogP contribution in [0.3, 0.4) is 0 Å². The van der Waals surface area contributed by atoms with E-state index in [9.17, 15) is 26.4 Å². The van der Waals surface area contributed by atoms with Crippen molar-refractivity contribution in [1.29, 1.82) is 0 Å². The Labute approximate surface area is 236 Å². The lowest BCUT2D eigenvalue weighted by Gasteiger charge is -2.50. The summed E-state index contributed by atoms with van der Waals surface area (Å²) < 4.78 is 51.5. The minimum absolute atomic E-state index is 0.130. The summed E-state index contributed by atoms with van der Waals surface area (Å²) in [6.07, 6.45) is 1.46. The van der Waals surface area contributed by atoms with Crippen molar-refractivity contribution >= 4 is 42.9 Å². The molecule has 0 radical (unpaired) electrons. The van der Waals surface area contributed by atoms with Gasteiger partial charge in [-0.15, -0.1) is 0 Å². The van der Waals surface area contributed by atoms with Crippen molar-refractivity contribution in [3.63, 3.8) is 0 Å². The van der Waals surface area contributed by atoms with Crippen LogP contribution in [0.15, 0.2) is 48.5 Å². The summed E-state index contributed by atoms with van der Waals surface area (Å²) in [7, 11) is -6.92. The highest BCUT2D eigenvalue weighted by atomic mass is 32.2. The number of carbonyl (C=O) groups excluding carboxylic acids is 2. The molecule has 2 amide bonds. The maximum atomic E-state index is 13.2. The minimum atomic E-state index is -3.46. The Morgan fingerprint density at radius 2 is 0.975 bits per heavy atom. The molecule has 0 aromatic heterocycles. The molecule has 2 aromatic carbocycles. The number of hydrogen-bond acceptors (Lipinski definition) is 8. The van der Waals surface area contributed by atoms with Crippen LogP contribution in [0, 0.1) is 0 Å². The van der Waals surface area contributed by atoms with Gasteiger partial charge in [-0.3, -0.25) is 19.4 Å². The SMILES string of the molecule is CCc1ccccc1NC(=O)CN1C2CS(=O)(=O)CC2N(CC(=O)Nc2ccccc2CC)C2CS(=O)(=O)CC21. The van der Waals surface area contributed by atoms with Gasteiger partial charge in [0.15, 0.2) is 19.7 Å². The van der Waals surface area contributed by atoms with E-state index in [1.807, 2.05) is 62.4 Å². The van der Waals surface area contributed by atoms with Gasteiger partial charge in [0.1, 0.15) is 0 Å². The fraction of sp³-hybridized carbons (Fsp3) is 0.500. The number of amides is 2. The van der Waals surface area contributed by atoms with Crippen molar-refractivity contribution in [2.45, 2.75) is 50.9 Å². The van der Waals surface area contributed by atoms with Crippen LogP contribution < -0.4 is 10.6 Å². The first-order valence-corrected chi connectivity index (χ1v) is 17.3. The highest BCUT2D eigenvalue weighted by molar-refractivity contribution is 7.92. The monoisotopic (exact) mass is 588 g/mol. The van der Waals surface area contributed by atoms with E-state index >= 15 is 0 Å². The molecule has 3 fully saturated rings. The van der Waals surface area contributed by atoms with Gasteiger partial charge in [0.25, 0.3) is 0 Å². The number of anilines is 2. The van der Waals surface area contributed by atoms with Crippen molar-refractivity contribution in [3.05, 3.63) is 59.7 Å². The molecule has 3 aliphatic heterocycles. The van der Waals surface area contributed by atoms with E-state index in [0.717, 1.165) is 24.0 Å². The van der Waals surface area contributed by atoms with Crippen LogP contribution in [-0.4, -0.2) is 98.7 Å². The van der Waals surface area contributed by atoms with E-state index in [1.54, 1.807) is 9.80 Å². The molecule has 4 atom stereocenters. The Hall–Kier alpha value is -2.80. The van der Waals surface area contributed by atoms with Gasteiger partial charge in [0.2, 0.25) is 11.8 Å². The third kappa shape index (κ3) is 5.95. The second-order valence-electron chi connectivity index (χ2n) is 10.9. The number of nitrogens with zero attached hydrogens (tertiary/aromatic N) is 2. The summed E-state index contributed by atoms with van der Waals surface area (Å²) in [5.41, 5.74) is 3.31. The van der Waals surface area contributed by atoms with Gasteiger partial charge in [-0.05, 0) is 36.1 Å². The predicted octanol–water partition coefficient (Wildman–Crippen LogP) is 1.34. The maximum Gasteiger partial charge on any atom is 0.238 e.